The quantitative estimate of drug-likeness (QED) is 0.711. The van der Waals surface area contributed by atoms with E-state index in [1.165, 1.54) is 51.4 Å². The Kier molecular flexibility index (Phi) is 7.01. The van der Waals surface area contributed by atoms with Crippen molar-refractivity contribution in [2.24, 2.45) is 23.7 Å². The van der Waals surface area contributed by atoms with Crippen LogP contribution in [0.2, 0.25) is 0 Å². The van der Waals surface area contributed by atoms with E-state index in [-0.39, 0.29) is 0 Å². The van der Waals surface area contributed by atoms with E-state index in [0.29, 0.717) is 0 Å². The Hall–Kier alpha value is -0.0800. The largest absolute Gasteiger partial charge is 0.381 e. The Labute approximate surface area is 132 Å². The summed E-state index contributed by atoms with van der Waals surface area (Å²) in [4.78, 5) is 2.42. The number of ether oxygens (including phenoxy) is 1. The van der Waals surface area contributed by atoms with Crippen LogP contribution in [0.25, 0.3) is 0 Å². The second kappa shape index (κ2) is 8.53. The smallest absolute Gasteiger partial charge is 0.0468 e. The van der Waals surface area contributed by atoms with Gasteiger partial charge in [0, 0.05) is 19.3 Å². The molecule has 0 amide bonds. The molecule has 0 aromatic carbocycles. The van der Waals surface area contributed by atoms with E-state index in [1.807, 2.05) is 0 Å². The van der Waals surface area contributed by atoms with E-state index in [9.17, 15) is 0 Å². The fourth-order valence-corrected chi connectivity index (χ4v) is 4.47. The van der Waals surface area contributed by atoms with E-state index < -0.39 is 0 Å². The number of rotatable bonds is 6. The van der Waals surface area contributed by atoms with Gasteiger partial charge in [-0.15, -0.1) is 0 Å². The summed E-state index contributed by atoms with van der Waals surface area (Å²) in [5.74, 6) is 3.74. The summed E-state index contributed by atoms with van der Waals surface area (Å²) in [6, 6.07) is 0.842. The third-order valence-corrected chi connectivity index (χ3v) is 6.42. The second-order valence-corrected chi connectivity index (χ2v) is 8.01. The molecule has 2 rings (SSSR count). The van der Waals surface area contributed by atoms with Crippen molar-refractivity contribution in [3.05, 3.63) is 0 Å². The van der Waals surface area contributed by atoms with Crippen molar-refractivity contribution >= 4 is 0 Å². The summed E-state index contributed by atoms with van der Waals surface area (Å²) in [6.45, 7) is 6.99. The lowest BCUT2D eigenvalue weighted by Gasteiger charge is -2.36. The number of hydrogen-bond donors (Lipinski definition) is 0. The van der Waals surface area contributed by atoms with Gasteiger partial charge in [0.25, 0.3) is 0 Å². The molecule has 0 aromatic heterocycles. The molecule has 0 radical (unpaired) electrons. The second-order valence-electron chi connectivity index (χ2n) is 8.01. The zero-order chi connectivity index (χ0) is 15.2. The van der Waals surface area contributed by atoms with Crippen molar-refractivity contribution in [2.75, 3.05) is 27.3 Å². The summed E-state index contributed by atoms with van der Waals surface area (Å²) in [6.07, 6.45) is 11.2. The minimum atomic E-state index is 0.842. The van der Waals surface area contributed by atoms with Gasteiger partial charge in [-0.2, -0.15) is 0 Å². The highest BCUT2D eigenvalue weighted by Gasteiger charge is 2.27. The maximum absolute atomic E-state index is 5.50. The zero-order valence-electron chi connectivity index (χ0n) is 14.8. The Balaban J connectivity index is 1.66. The van der Waals surface area contributed by atoms with E-state index >= 15 is 0 Å². The molecule has 2 fully saturated rings. The van der Waals surface area contributed by atoms with E-state index in [2.05, 4.69) is 32.8 Å². The number of hydrogen-bond acceptors (Lipinski definition) is 2. The van der Waals surface area contributed by atoms with Crippen LogP contribution in [0.3, 0.4) is 0 Å². The van der Waals surface area contributed by atoms with Crippen LogP contribution in [-0.4, -0.2) is 38.3 Å². The van der Waals surface area contributed by atoms with Crippen molar-refractivity contribution in [2.45, 2.75) is 71.3 Å². The molecule has 0 aromatic rings. The average Bonchev–Trinajstić information content (AvgIpc) is 2.53. The first-order valence-electron chi connectivity index (χ1n) is 9.32. The molecule has 2 heteroatoms. The molecule has 2 unspecified atom stereocenters. The van der Waals surface area contributed by atoms with Crippen LogP contribution < -0.4 is 0 Å². The van der Waals surface area contributed by atoms with Crippen LogP contribution in [0.5, 0.6) is 0 Å². The Bertz CT molecular complexity index is 277. The van der Waals surface area contributed by atoms with Crippen molar-refractivity contribution in [3.63, 3.8) is 0 Å². The van der Waals surface area contributed by atoms with Crippen molar-refractivity contribution in [1.82, 2.24) is 4.90 Å². The summed E-state index contributed by atoms with van der Waals surface area (Å²) in [7, 11) is 4.48. The number of nitrogens with zero attached hydrogens (tertiary/aromatic N) is 1. The minimum Gasteiger partial charge on any atom is -0.381 e. The predicted octanol–water partition coefficient (Wildman–Crippen LogP) is 4.59. The lowest BCUT2D eigenvalue weighted by molar-refractivity contribution is 0.0461. The molecule has 2 aliphatic rings. The zero-order valence-corrected chi connectivity index (χ0v) is 14.8. The molecule has 0 bridgehead atoms. The molecular weight excluding hydrogens is 258 g/mol. The first-order chi connectivity index (χ1) is 10.1. The van der Waals surface area contributed by atoms with Crippen LogP contribution in [0.4, 0.5) is 0 Å². The van der Waals surface area contributed by atoms with Gasteiger partial charge in [-0.1, -0.05) is 26.7 Å². The van der Waals surface area contributed by atoms with Crippen LogP contribution in [-0.2, 0) is 4.74 Å². The van der Waals surface area contributed by atoms with Gasteiger partial charge in [-0.05, 0) is 76.3 Å². The first-order valence-corrected chi connectivity index (χ1v) is 9.32. The average molecular weight is 296 g/mol. The van der Waals surface area contributed by atoms with Crippen molar-refractivity contribution < 1.29 is 4.74 Å². The van der Waals surface area contributed by atoms with Gasteiger partial charge in [0.05, 0.1) is 0 Å². The highest BCUT2D eigenvalue weighted by Crippen LogP contribution is 2.35. The highest BCUT2D eigenvalue weighted by molar-refractivity contribution is 4.80. The normalized spacial score (nSPS) is 31.3. The maximum Gasteiger partial charge on any atom is 0.0468 e. The Morgan fingerprint density at radius 1 is 0.810 bits per heavy atom. The third kappa shape index (κ3) is 5.25. The highest BCUT2D eigenvalue weighted by atomic mass is 16.5. The van der Waals surface area contributed by atoms with E-state index in [0.717, 1.165) is 42.9 Å². The summed E-state index contributed by atoms with van der Waals surface area (Å²) in [5.41, 5.74) is 0. The third-order valence-electron chi connectivity index (χ3n) is 6.42. The van der Waals surface area contributed by atoms with Gasteiger partial charge < -0.3 is 9.64 Å². The molecule has 1 saturated carbocycles. The molecule has 1 heterocycles. The molecular formula is C19H37NO. The summed E-state index contributed by atoms with van der Waals surface area (Å²) in [5, 5.41) is 0. The molecule has 1 aliphatic heterocycles. The van der Waals surface area contributed by atoms with E-state index in [4.69, 9.17) is 4.74 Å². The Morgan fingerprint density at radius 2 is 1.29 bits per heavy atom. The SMILES string of the molecule is CC(CCC(C)C1CCC(N(C)C)CC1)C1CCOCC1. The van der Waals surface area contributed by atoms with Gasteiger partial charge in [0.2, 0.25) is 0 Å². The lowest BCUT2D eigenvalue weighted by Crippen LogP contribution is -2.33. The minimum absolute atomic E-state index is 0.842. The molecule has 1 saturated heterocycles. The molecule has 0 N–H and O–H groups in total. The van der Waals surface area contributed by atoms with Crippen molar-refractivity contribution in [1.29, 1.82) is 0 Å². The molecule has 2 nitrogen and oxygen atoms in total. The summed E-state index contributed by atoms with van der Waals surface area (Å²) < 4.78 is 5.50. The van der Waals surface area contributed by atoms with Crippen LogP contribution in [0, 0.1) is 23.7 Å². The molecule has 1 aliphatic carbocycles. The van der Waals surface area contributed by atoms with E-state index in [1.54, 1.807) is 0 Å². The van der Waals surface area contributed by atoms with Gasteiger partial charge in [-0.3, -0.25) is 0 Å². The molecule has 124 valence electrons. The molecule has 0 spiro atoms. The van der Waals surface area contributed by atoms with Gasteiger partial charge in [-0.25, -0.2) is 0 Å². The van der Waals surface area contributed by atoms with Crippen LogP contribution >= 0.6 is 0 Å². The fraction of sp³-hybridized carbons (Fsp3) is 1.00. The topological polar surface area (TPSA) is 12.5 Å². The van der Waals surface area contributed by atoms with Crippen LogP contribution in [0.15, 0.2) is 0 Å². The van der Waals surface area contributed by atoms with Gasteiger partial charge in [0.1, 0.15) is 0 Å². The molecule has 21 heavy (non-hydrogen) atoms. The Morgan fingerprint density at radius 3 is 1.76 bits per heavy atom. The van der Waals surface area contributed by atoms with Gasteiger partial charge in [0.15, 0.2) is 0 Å². The summed E-state index contributed by atoms with van der Waals surface area (Å²) >= 11 is 0. The monoisotopic (exact) mass is 295 g/mol. The maximum atomic E-state index is 5.50. The molecule has 2 atom stereocenters. The predicted molar refractivity (Wildman–Crippen MR) is 90.5 cm³/mol. The standard InChI is InChI=1S/C19H37NO/c1-15(17-7-9-19(10-8-17)20(3)4)5-6-16(2)18-11-13-21-14-12-18/h15-19H,5-14H2,1-4H3. The van der Waals surface area contributed by atoms with Crippen LogP contribution in [0.1, 0.15) is 65.2 Å². The van der Waals surface area contributed by atoms with Crippen molar-refractivity contribution in [3.8, 4) is 0 Å². The fourth-order valence-electron chi connectivity index (χ4n) is 4.47. The van der Waals surface area contributed by atoms with Gasteiger partial charge >= 0.3 is 0 Å². The lowest BCUT2D eigenvalue weighted by atomic mass is 9.75. The first kappa shape index (κ1) is 17.3.